The highest BCUT2D eigenvalue weighted by molar-refractivity contribution is 6.00. The van der Waals surface area contributed by atoms with Crippen molar-refractivity contribution >= 4 is 29.8 Å². The maximum absolute atomic E-state index is 15.5. The molecule has 0 spiro atoms. The van der Waals surface area contributed by atoms with Gasteiger partial charge in [0.25, 0.3) is 5.60 Å². The molecule has 15 nitrogen and oxygen atoms in total. The zero-order chi connectivity index (χ0) is 54.6. The summed E-state index contributed by atoms with van der Waals surface area (Å²) in [6, 6.07) is 20.1. The SMILES string of the molecule is C=C(CC[C@@]12O[C@H](C(=O)OC(C)(C)C)[C@@](O)(C(=O)OC(C)(C)C)[C@@](C(=O)OC(C)(C)C)(O1)[C@H](OC(=O)CCCCCCCCCCc1ccccc1)[C@H]2OC(C)(C)OC)C(OC(C)=O)C(C)Cc1ccccc1. The molecule has 2 fully saturated rings. The van der Waals surface area contributed by atoms with Crippen molar-refractivity contribution in [2.75, 3.05) is 7.11 Å². The van der Waals surface area contributed by atoms with Gasteiger partial charge in [-0.15, -0.1) is 0 Å². The first-order valence-corrected chi connectivity index (χ1v) is 26.0. The maximum Gasteiger partial charge on any atom is 0.347 e. The molecule has 2 unspecified atom stereocenters. The van der Waals surface area contributed by atoms with Crippen molar-refractivity contribution in [1.29, 1.82) is 0 Å². The number of hydrogen-bond donors (Lipinski definition) is 1. The van der Waals surface area contributed by atoms with Crippen LogP contribution in [0.5, 0.6) is 0 Å². The van der Waals surface area contributed by atoms with Crippen LogP contribution in [0.15, 0.2) is 72.8 Å². The van der Waals surface area contributed by atoms with E-state index >= 15 is 9.59 Å². The van der Waals surface area contributed by atoms with Crippen LogP contribution < -0.4 is 0 Å². The van der Waals surface area contributed by atoms with Crippen LogP contribution >= 0.6 is 0 Å². The molecule has 2 saturated heterocycles. The number of fused-ring (bicyclic) bond motifs is 2. The minimum Gasteiger partial charge on any atom is -0.458 e. The number of carbonyl (C=O) groups excluding carboxylic acids is 5. The summed E-state index contributed by atoms with van der Waals surface area (Å²) in [5, 5.41) is 13.5. The highest BCUT2D eigenvalue weighted by atomic mass is 16.8. The molecule has 2 aliphatic rings. The summed E-state index contributed by atoms with van der Waals surface area (Å²) < 4.78 is 56.1. The van der Waals surface area contributed by atoms with Gasteiger partial charge in [-0.05, 0) is 125 Å². The molecule has 0 saturated carbocycles. The van der Waals surface area contributed by atoms with Crippen molar-refractivity contribution in [2.45, 2.75) is 237 Å². The molecule has 2 aromatic carbocycles. The number of methoxy groups -OCH3 is 1. The lowest BCUT2D eigenvalue weighted by Crippen LogP contribution is -2.79. The summed E-state index contributed by atoms with van der Waals surface area (Å²) in [6.07, 6.45) is 1.19. The van der Waals surface area contributed by atoms with Crippen LogP contribution in [0.2, 0.25) is 0 Å². The van der Waals surface area contributed by atoms with Crippen LogP contribution in [0.25, 0.3) is 0 Å². The minimum absolute atomic E-state index is 0.0889. The van der Waals surface area contributed by atoms with Crippen molar-refractivity contribution in [1.82, 2.24) is 0 Å². The smallest absolute Gasteiger partial charge is 0.347 e. The number of rotatable bonds is 26. The normalized spacial score (nSPS) is 24.0. The third kappa shape index (κ3) is 16.7. The summed E-state index contributed by atoms with van der Waals surface area (Å²) in [4.78, 5) is 72.5. The van der Waals surface area contributed by atoms with Crippen molar-refractivity contribution in [3.63, 3.8) is 0 Å². The predicted molar refractivity (Wildman–Crippen MR) is 275 cm³/mol. The molecule has 0 aliphatic carbocycles. The highest BCUT2D eigenvalue weighted by Gasteiger charge is 2.87. The Morgan fingerprint density at radius 2 is 1.19 bits per heavy atom. The zero-order valence-electron chi connectivity index (χ0n) is 46.2. The monoisotopic (exact) mass is 1020 g/mol. The maximum atomic E-state index is 15.5. The van der Waals surface area contributed by atoms with E-state index in [0.29, 0.717) is 24.8 Å². The molecule has 2 aromatic rings. The third-order valence-corrected chi connectivity index (χ3v) is 12.7. The first-order valence-electron chi connectivity index (χ1n) is 26.0. The van der Waals surface area contributed by atoms with E-state index in [9.17, 15) is 19.5 Å². The van der Waals surface area contributed by atoms with E-state index in [1.54, 1.807) is 55.4 Å². The zero-order valence-corrected chi connectivity index (χ0v) is 46.2. The Kier molecular flexibility index (Phi) is 21.1. The Labute approximate surface area is 434 Å². The van der Waals surface area contributed by atoms with Gasteiger partial charge in [-0.3, -0.25) is 9.59 Å². The van der Waals surface area contributed by atoms with E-state index in [1.165, 1.54) is 40.4 Å². The third-order valence-electron chi connectivity index (χ3n) is 12.7. The molecular weight excluding hydrogens is 937 g/mol. The van der Waals surface area contributed by atoms with E-state index in [-0.39, 0.29) is 25.2 Å². The van der Waals surface area contributed by atoms with E-state index in [4.69, 9.17) is 42.6 Å². The van der Waals surface area contributed by atoms with Gasteiger partial charge < -0.3 is 47.7 Å². The standard InChI is InChI=1S/C58H86O15/c1-39(45(66-41(3)59)40(2)38-43-33-27-23-28-34-43)36-37-56-46(68-55(13,14)65-15)47(67-44(60)35-29-21-19-17-16-18-20-24-30-42-31-25-22-26-32-42)58(73-56,51(63)72-54(10,11)12)57(64,50(62)71-53(7,8)9)48(69-56)49(61)70-52(4,5)6/h22-23,25-28,31-34,40,45-48,64H,1,16-21,24,29-30,35-38H2,2-15H3/t40?,45?,46-,47-,48-,56-,57-,58-/m1/s1. The number of aryl methyl sites for hydroxylation is 1. The molecule has 0 radical (unpaired) electrons. The largest absolute Gasteiger partial charge is 0.458 e. The lowest BCUT2D eigenvalue weighted by Gasteiger charge is -2.51. The van der Waals surface area contributed by atoms with Crippen LogP contribution in [0.3, 0.4) is 0 Å². The van der Waals surface area contributed by atoms with Crippen LogP contribution in [0.4, 0.5) is 0 Å². The Balaban J connectivity index is 1.83. The number of ether oxygens (including phenoxy) is 9. The molecule has 4 rings (SSSR count). The van der Waals surface area contributed by atoms with E-state index in [2.05, 4.69) is 30.8 Å². The lowest BCUT2D eigenvalue weighted by molar-refractivity contribution is -0.387. The summed E-state index contributed by atoms with van der Waals surface area (Å²) in [5.74, 6) is -9.82. The molecular formula is C58H86O15. The van der Waals surface area contributed by atoms with Gasteiger partial charge in [-0.25, -0.2) is 14.4 Å². The molecule has 2 bridgehead atoms. The Hall–Kier alpha value is -4.67. The van der Waals surface area contributed by atoms with Crippen molar-refractivity contribution in [3.05, 3.63) is 83.9 Å². The van der Waals surface area contributed by atoms with Gasteiger partial charge in [0.2, 0.25) is 17.5 Å². The highest BCUT2D eigenvalue weighted by Crippen LogP contribution is 2.59. The molecule has 73 heavy (non-hydrogen) atoms. The number of aliphatic hydroxyl groups is 1. The number of carbonyl (C=O) groups is 5. The molecule has 8 atom stereocenters. The summed E-state index contributed by atoms with van der Waals surface area (Å²) >= 11 is 0. The lowest BCUT2D eigenvalue weighted by atomic mass is 9.74. The van der Waals surface area contributed by atoms with Crippen molar-refractivity contribution < 1.29 is 71.7 Å². The predicted octanol–water partition coefficient (Wildman–Crippen LogP) is 10.2. The molecule has 15 heteroatoms. The van der Waals surface area contributed by atoms with Gasteiger partial charge in [0.1, 0.15) is 22.9 Å². The number of hydrogen-bond acceptors (Lipinski definition) is 15. The summed E-state index contributed by atoms with van der Waals surface area (Å²) in [7, 11) is 1.37. The van der Waals surface area contributed by atoms with Crippen LogP contribution in [-0.2, 0) is 79.4 Å². The first kappa shape index (κ1) is 60.9. The second-order valence-corrected chi connectivity index (χ2v) is 23.2. The van der Waals surface area contributed by atoms with E-state index in [0.717, 1.165) is 50.5 Å². The fourth-order valence-corrected chi connectivity index (χ4v) is 9.31. The fraction of sp³-hybridized carbons (Fsp3) is 0.672. The topological polar surface area (TPSA) is 189 Å². The van der Waals surface area contributed by atoms with Gasteiger partial charge in [0.05, 0.1) is 0 Å². The van der Waals surface area contributed by atoms with Gasteiger partial charge in [0, 0.05) is 32.8 Å². The van der Waals surface area contributed by atoms with Crippen LogP contribution in [-0.4, -0.2) is 106 Å². The van der Waals surface area contributed by atoms with Gasteiger partial charge in [-0.2, -0.15) is 0 Å². The Morgan fingerprint density at radius 1 is 0.685 bits per heavy atom. The number of unbranched alkanes of at least 4 members (excludes halogenated alkanes) is 7. The molecule has 2 aliphatic heterocycles. The quantitative estimate of drug-likeness (QED) is 0.0308. The molecule has 0 amide bonds. The Bertz CT molecular complexity index is 2150. The second-order valence-electron chi connectivity index (χ2n) is 23.2. The van der Waals surface area contributed by atoms with E-state index < -0.39 is 93.8 Å². The van der Waals surface area contributed by atoms with E-state index in [1.807, 2.05) is 43.3 Å². The van der Waals surface area contributed by atoms with Crippen molar-refractivity contribution in [2.24, 2.45) is 5.92 Å². The molecule has 0 aromatic heterocycles. The second kappa shape index (κ2) is 25.2. The van der Waals surface area contributed by atoms with Gasteiger partial charge in [-0.1, -0.05) is 113 Å². The summed E-state index contributed by atoms with van der Waals surface area (Å²) in [6.45, 7) is 24.7. The van der Waals surface area contributed by atoms with Gasteiger partial charge in [0.15, 0.2) is 18.0 Å². The van der Waals surface area contributed by atoms with Crippen LogP contribution in [0.1, 0.15) is 172 Å². The summed E-state index contributed by atoms with van der Waals surface area (Å²) in [5.41, 5.74) is -7.82. The average Bonchev–Trinajstić information content (AvgIpc) is 3.50. The minimum atomic E-state index is -3.49. The molecule has 2 heterocycles. The molecule has 1 N–H and O–H groups in total. The van der Waals surface area contributed by atoms with Crippen molar-refractivity contribution in [3.8, 4) is 0 Å². The average molecular weight is 1020 g/mol. The Morgan fingerprint density at radius 3 is 1.71 bits per heavy atom. The first-order chi connectivity index (χ1) is 33.9. The van der Waals surface area contributed by atoms with Gasteiger partial charge >= 0.3 is 29.8 Å². The molecule has 408 valence electrons. The number of esters is 5. The number of benzene rings is 2. The van der Waals surface area contributed by atoms with Crippen LogP contribution in [0, 0.1) is 5.92 Å². The fourth-order valence-electron chi connectivity index (χ4n) is 9.31.